The predicted octanol–water partition coefficient (Wildman–Crippen LogP) is 4.47. The minimum atomic E-state index is -0.729. The second kappa shape index (κ2) is 5.03. The van der Waals surface area contributed by atoms with Gasteiger partial charge in [0.05, 0.1) is 11.1 Å². The van der Waals surface area contributed by atoms with E-state index in [2.05, 4.69) is 15.9 Å². The van der Waals surface area contributed by atoms with Crippen molar-refractivity contribution >= 4 is 27.5 Å². The molecule has 0 heterocycles. The van der Waals surface area contributed by atoms with Crippen molar-refractivity contribution in [2.45, 2.75) is 31.8 Å². The third-order valence-electron chi connectivity index (χ3n) is 3.20. The maximum absolute atomic E-state index is 13.7. The summed E-state index contributed by atoms with van der Waals surface area (Å²) in [6, 6.07) is 2.83. The van der Waals surface area contributed by atoms with E-state index in [1.54, 1.807) is 0 Å². The van der Waals surface area contributed by atoms with Crippen molar-refractivity contribution in [2.24, 2.45) is 5.92 Å². The van der Waals surface area contributed by atoms with Crippen molar-refractivity contribution in [2.75, 3.05) is 0 Å². The first kappa shape index (κ1) is 12.3. The number of aliphatic hydroxyl groups excluding tert-OH is 1. The molecule has 0 aliphatic heterocycles. The van der Waals surface area contributed by atoms with Gasteiger partial charge in [0.2, 0.25) is 0 Å². The van der Waals surface area contributed by atoms with E-state index in [4.69, 9.17) is 11.6 Å². The molecule has 2 rings (SSSR count). The summed E-state index contributed by atoms with van der Waals surface area (Å²) in [5.41, 5.74) is 0.320. The van der Waals surface area contributed by atoms with E-state index in [1.165, 1.54) is 12.1 Å². The highest BCUT2D eigenvalue weighted by molar-refractivity contribution is 9.10. The van der Waals surface area contributed by atoms with Gasteiger partial charge in [-0.2, -0.15) is 0 Å². The van der Waals surface area contributed by atoms with Crippen LogP contribution in [0.5, 0.6) is 0 Å². The highest BCUT2D eigenvalue weighted by Crippen LogP contribution is 2.38. The zero-order chi connectivity index (χ0) is 11.7. The molecule has 1 aliphatic rings. The molecule has 1 nitrogen and oxygen atoms in total. The SMILES string of the molecule is OC(c1cc(Cl)c(Br)cc1F)C1CCCC1. The second-order valence-corrected chi connectivity index (χ2v) is 5.54. The first-order chi connectivity index (χ1) is 7.59. The number of rotatable bonds is 2. The van der Waals surface area contributed by atoms with Crippen LogP contribution in [0.2, 0.25) is 5.02 Å². The molecular weight excluding hydrogens is 294 g/mol. The molecule has 1 saturated carbocycles. The fourth-order valence-electron chi connectivity index (χ4n) is 2.29. The second-order valence-electron chi connectivity index (χ2n) is 4.28. The number of benzene rings is 1. The molecule has 1 fully saturated rings. The standard InChI is InChI=1S/C12H13BrClFO/c13-9-6-11(15)8(5-10(9)14)12(16)7-3-1-2-4-7/h5-7,12,16H,1-4H2. The monoisotopic (exact) mass is 306 g/mol. The van der Waals surface area contributed by atoms with Gasteiger partial charge >= 0.3 is 0 Å². The molecule has 1 unspecified atom stereocenters. The van der Waals surface area contributed by atoms with Gasteiger partial charge < -0.3 is 5.11 Å². The molecule has 0 spiro atoms. The van der Waals surface area contributed by atoms with Gasteiger partial charge in [0.15, 0.2) is 0 Å². The summed E-state index contributed by atoms with van der Waals surface area (Å²) < 4.78 is 14.2. The Balaban J connectivity index is 2.28. The van der Waals surface area contributed by atoms with Gasteiger partial charge in [-0.25, -0.2) is 4.39 Å². The average Bonchev–Trinajstić information content (AvgIpc) is 2.75. The number of aliphatic hydroxyl groups is 1. The van der Waals surface area contributed by atoms with E-state index < -0.39 is 11.9 Å². The maximum Gasteiger partial charge on any atom is 0.130 e. The fourth-order valence-corrected chi connectivity index (χ4v) is 2.78. The van der Waals surface area contributed by atoms with Crippen LogP contribution in [0, 0.1) is 11.7 Å². The summed E-state index contributed by atoms with van der Waals surface area (Å²) in [6.07, 6.45) is 3.44. The molecule has 0 bridgehead atoms. The van der Waals surface area contributed by atoms with Crippen LogP contribution in [-0.2, 0) is 0 Å². The molecule has 0 radical (unpaired) electrons. The van der Waals surface area contributed by atoms with E-state index in [9.17, 15) is 9.50 Å². The molecule has 1 aliphatic carbocycles. The van der Waals surface area contributed by atoms with Gasteiger partial charge in [0.25, 0.3) is 0 Å². The van der Waals surface area contributed by atoms with Crippen molar-refractivity contribution in [3.8, 4) is 0 Å². The van der Waals surface area contributed by atoms with Gasteiger partial charge in [-0.3, -0.25) is 0 Å². The van der Waals surface area contributed by atoms with E-state index >= 15 is 0 Å². The van der Waals surface area contributed by atoms with Crippen molar-refractivity contribution in [1.82, 2.24) is 0 Å². The third kappa shape index (κ3) is 2.41. The smallest absolute Gasteiger partial charge is 0.130 e. The minimum absolute atomic E-state index is 0.173. The molecule has 0 aromatic heterocycles. The number of hydrogen-bond acceptors (Lipinski definition) is 1. The lowest BCUT2D eigenvalue weighted by atomic mass is 9.94. The van der Waals surface area contributed by atoms with Crippen LogP contribution in [0.3, 0.4) is 0 Å². The van der Waals surface area contributed by atoms with Crippen LogP contribution in [0.1, 0.15) is 37.4 Å². The van der Waals surface area contributed by atoms with Crippen LogP contribution < -0.4 is 0 Å². The summed E-state index contributed by atoms with van der Waals surface area (Å²) in [6.45, 7) is 0. The molecule has 4 heteroatoms. The van der Waals surface area contributed by atoms with Crippen LogP contribution in [0.15, 0.2) is 16.6 Å². The first-order valence-electron chi connectivity index (χ1n) is 5.42. The minimum Gasteiger partial charge on any atom is -0.388 e. The molecular formula is C12H13BrClFO. The lowest BCUT2D eigenvalue weighted by Gasteiger charge is -2.19. The number of hydrogen-bond donors (Lipinski definition) is 1. The zero-order valence-corrected chi connectivity index (χ0v) is 11.1. The summed E-state index contributed by atoms with van der Waals surface area (Å²) in [4.78, 5) is 0. The zero-order valence-electron chi connectivity index (χ0n) is 8.72. The molecule has 88 valence electrons. The maximum atomic E-state index is 13.7. The van der Waals surface area contributed by atoms with Gasteiger partial charge in [0, 0.05) is 10.0 Å². The summed E-state index contributed by atoms with van der Waals surface area (Å²) in [5.74, 6) is -0.220. The summed E-state index contributed by atoms with van der Waals surface area (Å²) >= 11 is 9.07. The van der Waals surface area contributed by atoms with Gasteiger partial charge in [-0.15, -0.1) is 0 Å². The van der Waals surface area contributed by atoms with Crippen LogP contribution in [0.4, 0.5) is 4.39 Å². The van der Waals surface area contributed by atoms with Crippen molar-refractivity contribution in [3.63, 3.8) is 0 Å². The Kier molecular flexibility index (Phi) is 3.88. The highest BCUT2D eigenvalue weighted by atomic mass is 79.9. The lowest BCUT2D eigenvalue weighted by molar-refractivity contribution is 0.108. The molecule has 0 amide bonds. The predicted molar refractivity (Wildman–Crippen MR) is 66.0 cm³/mol. The van der Waals surface area contributed by atoms with Crippen molar-refractivity contribution in [3.05, 3.63) is 33.0 Å². The quantitative estimate of drug-likeness (QED) is 0.800. The first-order valence-corrected chi connectivity index (χ1v) is 6.59. The van der Waals surface area contributed by atoms with Crippen LogP contribution in [-0.4, -0.2) is 5.11 Å². The Morgan fingerprint density at radius 3 is 2.62 bits per heavy atom. The molecule has 0 saturated heterocycles. The third-order valence-corrected chi connectivity index (χ3v) is 4.40. The number of halogens is 3. The Morgan fingerprint density at radius 2 is 2.00 bits per heavy atom. The fraction of sp³-hybridized carbons (Fsp3) is 0.500. The largest absolute Gasteiger partial charge is 0.388 e. The lowest BCUT2D eigenvalue weighted by Crippen LogP contribution is -2.10. The Bertz CT molecular complexity index is 391. The summed E-state index contributed by atoms with van der Waals surface area (Å²) in [5, 5.41) is 10.5. The average molecular weight is 308 g/mol. The molecule has 1 N–H and O–H groups in total. The topological polar surface area (TPSA) is 20.2 Å². The highest BCUT2D eigenvalue weighted by Gasteiger charge is 2.27. The van der Waals surface area contributed by atoms with Gasteiger partial charge in [0.1, 0.15) is 5.82 Å². The van der Waals surface area contributed by atoms with Gasteiger partial charge in [-0.05, 0) is 46.8 Å². The Hall–Kier alpha value is -0.120. The van der Waals surface area contributed by atoms with Crippen molar-refractivity contribution in [1.29, 1.82) is 0 Å². The van der Waals surface area contributed by atoms with Crippen LogP contribution in [0.25, 0.3) is 0 Å². The van der Waals surface area contributed by atoms with Crippen molar-refractivity contribution < 1.29 is 9.50 Å². The van der Waals surface area contributed by atoms with Crippen LogP contribution >= 0.6 is 27.5 Å². The molecule has 1 aromatic rings. The Morgan fingerprint density at radius 1 is 1.38 bits per heavy atom. The van der Waals surface area contributed by atoms with E-state index in [0.29, 0.717) is 15.1 Å². The molecule has 1 atom stereocenters. The molecule has 16 heavy (non-hydrogen) atoms. The normalized spacial score (nSPS) is 19.0. The van der Waals surface area contributed by atoms with E-state index in [1.807, 2.05) is 0 Å². The molecule has 1 aromatic carbocycles. The summed E-state index contributed by atoms with van der Waals surface area (Å²) in [7, 11) is 0. The van der Waals surface area contributed by atoms with Gasteiger partial charge in [-0.1, -0.05) is 24.4 Å². The van der Waals surface area contributed by atoms with E-state index in [-0.39, 0.29) is 5.92 Å². The Labute approximate surface area is 108 Å². The van der Waals surface area contributed by atoms with E-state index in [0.717, 1.165) is 25.7 Å².